The highest BCUT2D eigenvalue weighted by Gasteiger charge is 2.25. The summed E-state index contributed by atoms with van der Waals surface area (Å²) in [5.74, 6) is -2.26. The van der Waals surface area contributed by atoms with Crippen LogP contribution in [0.5, 0.6) is 5.75 Å². The van der Waals surface area contributed by atoms with Crippen molar-refractivity contribution < 1.29 is 23.4 Å². The molecule has 3 nitrogen and oxygen atoms in total. The van der Waals surface area contributed by atoms with Crippen LogP contribution in [0.3, 0.4) is 0 Å². The van der Waals surface area contributed by atoms with Gasteiger partial charge in [0, 0.05) is 27.0 Å². The molecule has 0 spiro atoms. The number of hydrogen-bond donors (Lipinski definition) is 1. The number of fused-ring (bicyclic) bond motifs is 1. The summed E-state index contributed by atoms with van der Waals surface area (Å²) in [7, 11) is 0. The van der Waals surface area contributed by atoms with Gasteiger partial charge in [0.15, 0.2) is 6.61 Å². The molecule has 1 aromatic heterocycles. The van der Waals surface area contributed by atoms with Crippen molar-refractivity contribution in [2.75, 3.05) is 12.4 Å². The van der Waals surface area contributed by atoms with E-state index in [0.717, 1.165) is 58.9 Å². The van der Waals surface area contributed by atoms with Gasteiger partial charge in [-0.3, -0.25) is 0 Å². The van der Waals surface area contributed by atoms with E-state index in [-0.39, 0.29) is 12.2 Å². The molecule has 0 saturated carbocycles. The third kappa shape index (κ3) is 6.01. The number of carbonyl (C=O) groups is 1. The zero-order valence-electron chi connectivity index (χ0n) is 18.5. The number of aliphatic carboxylic acids is 1. The first-order valence-corrected chi connectivity index (χ1v) is 12.6. The number of hydrogen-bond acceptors (Lipinski definition) is 4. The van der Waals surface area contributed by atoms with Crippen molar-refractivity contribution in [2.45, 2.75) is 57.3 Å². The number of thiophene rings is 1. The second-order valence-corrected chi connectivity index (χ2v) is 10.0. The van der Waals surface area contributed by atoms with E-state index in [1.807, 2.05) is 25.1 Å². The number of aryl methyl sites for hydroxylation is 3. The Labute approximate surface area is 195 Å². The highest BCUT2D eigenvalue weighted by Crippen LogP contribution is 2.37. The smallest absolute Gasteiger partial charge is 0.341 e. The van der Waals surface area contributed by atoms with E-state index >= 15 is 0 Å². The molecule has 1 N–H and O–H groups in total. The molecule has 0 aliphatic carbocycles. The van der Waals surface area contributed by atoms with Crippen LogP contribution in [-0.2, 0) is 30.0 Å². The van der Waals surface area contributed by atoms with E-state index in [1.165, 1.54) is 10.4 Å². The molecule has 0 radical (unpaired) electrons. The Hall–Kier alpha value is -2.12. The minimum atomic E-state index is -2.83. The third-order valence-corrected chi connectivity index (χ3v) is 7.65. The number of benzene rings is 2. The van der Waals surface area contributed by atoms with Gasteiger partial charge in [-0.05, 0) is 72.2 Å². The van der Waals surface area contributed by atoms with E-state index in [4.69, 9.17) is 9.84 Å². The number of carboxylic acids is 1. The highest BCUT2D eigenvalue weighted by molar-refractivity contribution is 7.99. The monoisotopic (exact) mass is 478 g/mol. The van der Waals surface area contributed by atoms with Crippen LogP contribution in [-0.4, -0.2) is 23.4 Å². The molecule has 1 heterocycles. The fourth-order valence-electron chi connectivity index (χ4n) is 3.69. The zero-order valence-corrected chi connectivity index (χ0v) is 20.2. The molecule has 0 atom stereocenters. The zero-order chi connectivity index (χ0) is 23.3. The molecular weight excluding hydrogens is 450 g/mol. The van der Waals surface area contributed by atoms with Gasteiger partial charge in [0.1, 0.15) is 5.75 Å². The Morgan fingerprint density at radius 1 is 1.16 bits per heavy atom. The van der Waals surface area contributed by atoms with Crippen molar-refractivity contribution in [3.8, 4) is 5.75 Å². The lowest BCUT2D eigenvalue weighted by molar-refractivity contribution is -0.139. The summed E-state index contributed by atoms with van der Waals surface area (Å²) in [5, 5.41) is 9.90. The third-order valence-electron chi connectivity index (χ3n) is 5.32. The van der Waals surface area contributed by atoms with Gasteiger partial charge in [-0.25, -0.2) is 13.6 Å². The first-order chi connectivity index (χ1) is 15.2. The minimum absolute atomic E-state index is 0.0681. The molecule has 32 heavy (non-hydrogen) atoms. The summed E-state index contributed by atoms with van der Waals surface area (Å²) >= 11 is 3.40. The second kappa shape index (κ2) is 10.7. The maximum atomic E-state index is 13.7. The lowest BCUT2D eigenvalue weighted by Crippen LogP contribution is -2.10. The first-order valence-electron chi connectivity index (χ1n) is 10.8. The van der Waals surface area contributed by atoms with Crippen LogP contribution in [0.4, 0.5) is 8.78 Å². The number of rotatable bonds is 11. The Morgan fingerprint density at radius 3 is 2.59 bits per heavy atom. The van der Waals surface area contributed by atoms with Gasteiger partial charge in [0.25, 0.3) is 5.92 Å². The van der Waals surface area contributed by atoms with E-state index in [1.54, 1.807) is 35.2 Å². The van der Waals surface area contributed by atoms with Crippen molar-refractivity contribution in [3.05, 3.63) is 58.0 Å². The number of ether oxygens (including phenoxy) is 1. The molecule has 0 unspecified atom stereocenters. The van der Waals surface area contributed by atoms with Gasteiger partial charge >= 0.3 is 5.97 Å². The number of carboxylic acid groups (broad SMARTS) is 1. The molecule has 2 aromatic carbocycles. The average Bonchev–Trinajstić information content (AvgIpc) is 3.11. The van der Waals surface area contributed by atoms with Crippen LogP contribution in [0, 0.1) is 0 Å². The van der Waals surface area contributed by atoms with Gasteiger partial charge in [-0.2, -0.15) is 0 Å². The lowest BCUT2D eigenvalue weighted by atomic mass is 10.0. The summed E-state index contributed by atoms with van der Waals surface area (Å²) in [6.07, 6.45) is 3.57. The Kier molecular flexibility index (Phi) is 8.17. The van der Waals surface area contributed by atoms with Crippen LogP contribution in [0.2, 0.25) is 0 Å². The number of halogens is 2. The fraction of sp³-hybridized carbons (Fsp3) is 0.400. The van der Waals surface area contributed by atoms with E-state index in [9.17, 15) is 13.6 Å². The molecule has 0 aliphatic rings. The molecule has 0 aliphatic heterocycles. The standard InChI is InChI=1S/C25H28F2O3S2/c1-4-16-13-18(9-11-21(16)30-15-24(28)29)31-12-6-7-22-19(5-2)20-10-8-17(25(3,26)27)14-23(20)32-22/h8-11,13-14H,4-7,12,15H2,1-3H3,(H,28,29). The number of thioether (sulfide) groups is 1. The normalized spacial score (nSPS) is 11.8. The van der Waals surface area contributed by atoms with Crippen molar-refractivity contribution >= 4 is 39.2 Å². The summed E-state index contributed by atoms with van der Waals surface area (Å²) < 4.78 is 33.7. The van der Waals surface area contributed by atoms with Crippen LogP contribution < -0.4 is 4.74 Å². The molecule has 7 heteroatoms. The summed E-state index contributed by atoms with van der Waals surface area (Å²) in [5.41, 5.74) is 2.34. The molecule has 3 rings (SSSR count). The Morgan fingerprint density at radius 2 is 1.94 bits per heavy atom. The predicted molar refractivity (Wildman–Crippen MR) is 129 cm³/mol. The largest absolute Gasteiger partial charge is 0.482 e. The molecule has 0 saturated heterocycles. The first kappa shape index (κ1) is 24.5. The second-order valence-electron chi connectivity index (χ2n) is 7.71. The fourth-order valence-corrected chi connectivity index (χ4v) is 5.98. The van der Waals surface area contributed by atoms with Crippen LogP contribution in [0.15, 0.2) is 41.3 Å². The van der Waals surface area contributed by atoms with E-state index in [2.05, 4.69) is 13.0 Å². The van der Waals surface area contributed by atoms with Crippen LogP contribution in [0.25, 0.3) is 10.1 Å². The lowest BCUT2D eigenvalue weighted by Gasteiger charge is -2.11. The molecule has 0 bridgehead atoms. The van der Waals surface area contributed by atoms with Gasteiger partial charge in [-0.15, -0.1) is 23.1 Å². The van der Waals surface area contributed by atoms with E-state index < -0.39 is 11.9 Å². The number of alkyl halides is 2. The SMILES string of the molecule is CCc1cc(SCCCc2sc3cc(C(C)(F)F)ccc3c2CC)ccc1OCC(=O)O. The van der Waals surface area contributed by atoms with Crippen LogP contribution in [0.1, 0.15) is 48.8 Å². The Bertz CT molecular complexity index is 1090. The quantitative estimate of drug-likeness (QED) is 0.232. The van der Waals surface area contributed by atoms with Crippen molar-refractivity contribution in [3.63, 3.8) is 0 Å². The van der Waals surface area contributed by atoms with Crippen molar-refractivity contribution in [2.24, 2.45) is 0 Å². The van der Waals surface area contributed by atoms with E-state index in [0.29, 0.717) is 5.75 Å². The topological polar surface area (TPSA) is 46.5 Å². The summed E-state index contributed by atoms with van der Waals surface area (Å²) in [4.78, 5) is 13.1. The molecule has 0 amide bonds. The Balaban J connectivity index is 1.63. The summed E-state index contributed by atoms with van der Waals surface area (Å²) in [6, 6.07) is 10.9. The van der Waals surface area contributed by atoms with Gasteiger partial charge in [-0.1, -0.05) is 26.0 Å². The van der Waals surface area contributed by atoms with Gasteiger partial charge in [0.2, 0.25) is 0 Å². The molecule has 0 fully saturated rings. The van der Waals surface area contributed by atoms with Gasteiger partial charge < -0.3 is 9.84 Å². The highest BCUT2D eigenvalue weighted by atomic mass is 32.2. The van der Waals surface area contributed by atoms with Crippen molar-refractivity contribution in [1.82, 2.24) is 0 Å². The predicted octanol–water partition coefficient (Wildman–Crippen LogP) is 7.33. The maximum Gasteiger partial charge on any atom is 0.341 e. The summed E-state index contributed by atoms with van der Waals surface area (Å²) in [6.45, 7) is 4.73. The van der Waals surface area contributed by atoms with Crippen molar-refractivity contribution in [1.29, 1.82) is 0 Å². The maximum absolute atomic E-state index is 13.7. The van der Waals surface area contributed by atoms with Gasteiger partial charge in [0.05, 0.1) is 0 Å². The minimum Gasteiger partial charge on any atom is -0.482 e. The average molecular weight is 479 g/mol. The van der Waals surface area contributed by atoms with Crippen LogP contribution >= 0.6 is 23.1 Å². The molecule has 172 valence electrons. The molecular formula is C25H28F2O3S2. The molecule has 3 aromatic rings.